The first-order valence-corrected chi connectivity index (χ1v) is 5.82. The predicted octanol–water partition coefficient (Wildman–Crippen LogP) is 2.77. The second-order valence-corrected chi connectivity index (χ2v) is 3.74. The Balaban J connectivity index is 2.24. The van der Waals surface area contributed by atoms with Crippen molar-refractivity contribution >= 4 is 22.6 Å². The van der Waals surface area contributed by atoms with E-state index in [0.717, 1.165) is 17.5 Å². The van der Waals surface area contributed by atoms with Gasteiger partial charge in [-0.2, -0.15) is 0 Å². The van der Waals surface area contributed by atoms with Crippen LogP contribution in [0.5, 0.6) is 0 Å². The average Bonchev–Trinajstić information content (AvgIpc) is 2.19. The van der Waals surface area contributed by atoms with Crippen LogP contribution in [0.25, 0.3) is 0 Å². The molecule has 70 valence electrons. The molecule has 1 aromatic rings. The monoisotopic (exact) mass is 287 g/mol. The van der Waals surface area contributed by atoms with Crippen LogP contribution >= 0.6 is 22.6 Å². The van der Waals surface area contributed by atoms with Gasteiger partial charge < -0.3 is 5.32 Å². The minimum atomic E-state index is 0.915. The quantitative estimate of drug-likeness (QED) is 0.499. The molecular weight excluding hydrogens is 273 g/mol. The number of nitrogens with one attached hydrogen (secondary N) is 1. The van der Waals surface area contributed by atoms with E-state index in [4.69, 9.17) is 0 Å². The predicted molar refractivity (Wildman–Crippen MR) is 66.2 cm³/mol. The van der Waals surface area contributed by atoms with Crippen molar-refractivity contribution < 1.29 is 0 Å². The zero-order valence-electron chi connectivity index (χ0n) is 7.59. The second kappa shape index (κ2) is 6.16. The summed E-state index contributed by atoms with van der Waals surface area (Å²) >= 11 is 2.33. The van der Waals surface area contributed by atoms with Crippen molar-refractivity contribution in [2.45, 2.75) is 6.54 Å². The molecule has 0 atom stereocenters. The highest BCUT2D eigenvalue weighted by molar-refractivity contribution is 14.1. The van der Waals surface area contributed by atoms with E-state index in [1.54, 1.807) is 0 Å². The van der Waals surface area contributed by atoms with Gasteiger partial charge in [-0.25, -0.2) is 0 Å². The minimum absolute atomic E-state index is 0.915. The number of benzene rings is 1. The van der Waals surface area contributed by atoms with Gasteiger partial charge in [-0.1, -0.05) is 65.1 Å². The highest BCUT2D eigenvalue weighted by Gasteiger charge is 1.92. The van der Waals surface area contributed by atoms with Gasteiger partial charge in [0, 0.05) is 17.5 Å². The molecule has 1 rings (SSSR count). The van der Waals surface area contributed by atoms with E-state index in [-0.39, 0.29) is 0 Å². The number of rotatable bonds is 5. The van der Waals surface area contributed by atoms with Gasteiger partial charge >= 0.3 is 0 Å². The van der Waals surface area contributed by atoms with E-state index >= 15 is 0 Å². The normalized spacial score (nSPS) is 9.92. The SMILES string of the molecule is C=C(CI)CNCc1ccccc1. The van der Waals surface area contributed by atoms with Gasteiger partial charge in [0.1, 0.15) is 0 Å². The Morgan fingerprint density at radius 3 is 2.62 bits per heavy atom. The average molecular weight is 287 g/mol. The molecule has 0 radical (unpaired) electrons. The summed E-state index contributed by atoms with van der Waals surface area (Å²) in [4.78, 5) is 0. The van der Waals surface area contributed by atoms with E-state index < -0.39 is 0 Å². The van der Waals surface area contributed by atoms with Crippen molar-refractivity contribution in [2.24, 2.45) is 0 Å². The van der Waals surface area contributed by atoms with E-state index in [1.807, 2.05) is 6.07 Å². The lowest BCUT2D eigenvalue weighted by atomic mass is 10.2. The summed E-state index contributed by atoms with van der Waals surface area (Å²) in [6.07, 6.45) is 0. The Hall–Kier alpha value is -0.350. The van der Waals surface area contributed by atoms with Crippen molar-refractivity contribution in [2.75, 3.05) is 11.0 Å². The smallest absolute Gasteiger partial charge is 0.0215 e. The molecule has 0 bridgehead atoms. The molecule has 13 heavy (non-hydrogen) atoms. The molecule has 0 aromatic heterocycles. The second-order valence-electron chi connectivity index (χ2n) is 2.97. The lowest BCUT2D eigenvalue weighted by Gasteiger charge is -2.04. The Morgan fingerprint density at radius 1 is 1.31 bits per heavy atom. The number of hydrogen-bond acceptors (Lipinski definition) is 1. The fourth-order valence-electron chi connectivity index (χ4n) is 1.03. The van der Waals surface area contributed by atoms with Gasteiger partial charge in [0.2, 0.25) is 0 Å². The highest BCUT2D eigenvalue weighted by atomic mass is 127. The van der Waals surface area contributed by atoms with Gasteiger partial charge in [-0.05, 0) is 5.56 Å². The number of alkyl halides is 1. The van der Waals surface area contributed by atoms with Crippen molar-refractivity contribution in [1.29, 1.82) is 0 Å². The van der Waals surface area contributed by atoms with Gasteiger partial charge in [-0.3, -0.25) is 0 Å². The van der Waals surface area contributed by atoms with Crippen LogP contribution in [0.15, 0.2) is 42.5 Å². The van der Waals surface area contributed by atoms with Crippen LogP contribution in [0.3, 0.4) is 0 Å². The first-order chi connectivity index (χ1) is 6.33. The fraction of sp³-hybridized carbons (Fsp3) is 0.273. The van der Waals surface area contributed by atoms with Crippen molar-refractivity contribution in [3.63, 3.8) is 0 Å². The first kappa shape index (κ1) is 10.7. The van der Waals surface area contributed by atoms with Crippen molar-refractivity contribution in [3.05, 3.63) is 48.0 Å². The van der Waals surface area contributed by atoms with Gasteiger partial charge in [0.15, 0.2) is 0 Å². The van der Waals surface area contributed by atoms with Crippen LogP contribution < -0.4 is 5.32 Å². The molecule has 0 unspecified atom stereocenters. The maximum atomic E-state index is 3.93. The molecule has 0 aliphatic carbocycles. The largest absolute Gasteiger partial charge is 0.309 e. The van der Waals surface area contributed by atoms with E-state index in [1.165, 1.54) is 11.1 Å². The van der Waals surface area contributed by atoms with Crippen LogP contribution in [0.4, 0.5) is 0 Å². The molecular formula is C11H14IN. The summed E-state index contributed by atoms with van der Waals surface area (Å²) in [5.41, 5.74) is 2.57. The van der Waals surface area contributed by atoms with Crippen LogP contribution in [0.2, 0.25) is 0 Å². The van der Waals surface area contributed by atoms with Gasteiger partial charge in [0.05, 0.1) is 0 Å². The maximum Gasteiger partial charge on any atom is 0.0215 e. The van der Waals surface area contributed by atoms with E-state index in [2.05, 4.69) is 58.8 Å². The summed E-state index contributed by atoms with van der Waals surface area (Å²) in [7, 11) is 0. The van der Waals surface area contributed by atoms with E-state index in [9.17, 15) is 0 Å². The zero-order chi connectivity index (χ0) is 9.52. The number of hydrogen-bond donors (Lipinski definition) is 1. The molecule has 0 aliphatic heterocycles. The molecule has 0 saturated heterocycles. The summed E-state index contributed by atoms with van der Waals surface area (Å²) < 4.78 is 1.03. The van der Waals surface area contributed by atoms with Crippen LogP contribution in [-0.4, -0.2) is 11.0 Å². The van der Waals surface area contributed by atoms with E-state index in [0.29, 0.717) is 0 Å². The van der Waals surface area contributed by atoms with Crippen molar-refractivity contribution in [3.8, 4) is 0 Å². The highest BCUT2D eigenvalue weighted by Crippen LogP contribution is 1.98. The summed E-state index contributed by atoms with van der Waals surface area (Å²) in [6, 6.07) is 10.4. The Labute approximate surface area is 93.4 Å². The lowest BCUT2D eigenvalue weighted by Crippen LogP contribution is -2.16. The first-order valence-electron chi connectivity index (χ1n) is 4.30. The summed E-state index contributed by atoms with van der Waals surface area (Å²) in [6.45, 7) is 5.78. The lowest BCUT2D eigenvalue weighted by molar-refractivity contribution is 0.743. The van der Waals surface area contributed by atoms with Crippen LogP contribution in [0.1, 0.15) is 5.56 Å². The Bertz CT molecular complexity index is 256. The van der Waals surface area contributed by atoms with Gasteiger partial charge in [-0.15, -0.1) is 0 Å². The molecule has 1 N–H and O–H groups in total. The number of halogens is 1. The van der Waals surface area contributed by atoms with Crippen LogP contribution in [0, 0.1) is 0 Å². The Kier molecular flexibility index (Phi) is 5.08. The molecule has 1 nitrogen and oxygen atoms in total. The molecule has 0 fully saturated rings. The maximum absolute atomic E-state index is 3.93. The third-order valence-electron chi connectivity index (χ3n) is 1.74. The topological polar surface area (TPSA) is 12.0 Å². The Morgan fingerprint density at radius 2 is 2.00 bits per heavy atom. The molecule has 0 amide bonds. The summed E-state index contributed by atoms with van der Waals surface area (Å²) in [5, 5.41) is 3.35. The molecule has 0 aliphatic rings. The molecule has 1 aromatic carbocycles. The fourth-order valence-corrected chi connectivity index (χ4v) is 1.30. The molecule has 2 heteroatoms. The third kappa shape index (κ3) is 4.43. The molecule has 0 heterocycles. The molecule has 0 spiro atoms. The minimum Gasteiger partial charge on any atom is -0.309 e. The van der Waals surface area contributed by atoms with Gasteiger partial charge in [0.25, 0.3) is 0 Å². The zero-order valence-corrected chi connectivity index (χ0v) is 9.75. The third-order valence-corrected chi connectivity index (χ3v) is 2.81. The molecule has 0 saturated carbocycles. The van der Waals surface area contributed by atoms with Crippen LogP contribution in [-0.2, 0) is 6.54 Å². The summed E-state index contributed by atoms with van der Waals surface area (Å²) in [5.74, 6) is 0. The standard InChI is InChI=1S/C11H14IN/c1-10(7-12)8-13-9-11-5-3-2-4-6-11/h2-6,13H,1,7-9H2. The van der Waals surface area contributed by atoms with Crippen molar-refractivity contribution in [1.82, 2.24) is 5.32 Å².